The molecule has 0 unspecified atom stereocenters. The summed E-state index contributed by atoms with van der Waals surface area (Å²) in [6.45, 7) is 2.53. The van der Waals surface area contributed by atoms with Crippen molar-refractivity contribution >= 4 is 27.3 Å². The van der Waals surface area contributed by atoms with Gasteiger partial charge in [0.2, 0.25) is 0 Å². The molecule has 3 rings (SSSR count). The molecule has 1 aromatic carbocycles. The van der Waals surface area contributed by atoms with Crippen molar-refractivity contribution in [3.05, 3.63) is 29.1 Å². The number of nitrogens with one attached hydrogen (secondary N) is 2. The van der Waals surface area contributed by atoms with Crippen LogP contribution in [0.15, 0.2) is 24.3 Å². The van der Waals surface area contributed by atoms with Crippen molar-refractivity contribution in [2.24, 2.45) is 5.92 Å². The van der Waals surface area contributed by atoms with Crippen LogP contribution in [0, 0.1) is 5.92 Å². The van der Waals surface area contributed by atoms with Crippen molar-refractivity contribution in [2.75, 3.05) is 26.7 Å². The van der Waals surface area contributed by atoms with E-state index in [2.05, 4.69) is 10.6 Å². The molecular formula is C19H26N2O2S. The molecule has 4 nitrogen and oxygen atoms in total. The van der Waals surface area contributed by atoms with Gasteiger partial charge in [-0.05, 0) is 37.4 Å². The van der Waals surface area contributed by atoms with E-state index in [9.17, 15) is 4.79 Å². The summed E-state index contributed by atoms with van der Waals surface area (Å²) in [6, 6.07) is 7.96. The lowest BCUT2D eigenvalue weighted by atomic mass is 9.89. The van der Waals surface area contributed by atoms with Crippen LogP contribution in [-0.2, 0) is 0 Å². The fourth-order valence-electron chi connectivity index (χ4n) is 3.42. The van der Waals surface area contributed by atoms with Crippen LogP contribution in [0.3, 0.4) is 0 Å². The van der Waals surface area contributed by atoms with Crippen LogP contribution >= 0.6 is 11.3 Å². The van der Waals surface area contributed by atoms with E-state index in [1.165, 1.54) is 43.4 Å². The van der Waals surface area contributed by atoms with Crippen LogP contribution < -0.4 is 15.4 Å². The number of thiophene rings is 1. The molecule has 0 radical (unpaired) electrons. The SMILES string of the molecule is COc1c(C(=O)NCCNCC2CCCCC2)sc2ccccc12. The van der Waals surface area contributed by atoms with E-state index < -0.39 is 0 Å². The average molecular weight is 346 g/mol. The minimum Gasteiger partial charge on any atom is -0.494 e. The highest BCUT2D eigenvalue weighted by molar-refractivity contribution is 7.21. The minimum absolute atomic E-state index is 0.0486. The summed E-state index contributed by atoms with van der Waals surface area (Å²) in [5.41, 5.74) is 0. The third kappa shape index (κ3) is 4.08. The Kier molecular flexibility index (Phi) is 6.10. The van der Waals surface area contributed by atoms with Crippen molar-refractivity contribution in [3.8, 4) is 5.75 Å². The summed E-state index contributed by atoms with van der Waals surface area (Å²) >= 11 is 1.49. The summed E-state index contributed by atoms with van der Waals surface area (Å²) < 4.78 is 6.54. The van der Waals surface area contributed by atoms with Crippen molar-refractivity contribution in [2.45, 2.75) is 32.1 Å². The number of carbonyl (C=O) groups is 1. The monoisotopic (exact) mass is 346 g/mol. The van der Waals surface area contributed by atoms with Gasteiger partial charge in [0.1, 0.15) is 10.6 Å². The molecule has 5 heteroatoms. The van der Waals surface area contributed by atoms with Gasteiger partial charge in [0, 0.05) is 23.2 Å². The molecule has 1 heterocycles. The lowest BCUT2D eigenvalue weighted by Crippen LogP contribution is -2.34. The molecular weight excluding hydrogens is 320 g/mol. The highest BCUT2D eigenvalue weighted by Crippen LogP contribution is 2.37. The van der Waals surface area contributed by atoms with Gasteiger partial charge in [0.25, 0.3) is 5.91 Å². The summed E-state index contributed by atoms with van der Waals surface area (Å²) in [5.74, 6) is 1.45. The normalized spacial score (nSPS) is 15.5. The zero-order valence-electron chi connectivity index (χ0n) is 14.3. The Morgan fingerprint density at radius 1 is 1.21 bits per heavy atom. The van der Waals surface area contributed by atoms with Crippen LogP contribution in [0.1, 0.15) is 41.8 Å². The first-order valence-electron chi connectivity index (χ1n) is 8.84. The molecule has 2 aromatic rings. The summed E-state index contributed by atoms with van der Waals surface area (Å²) in [5, 5.41) is 7.48. The standard InChI is InChI=1S/C19H26N2O2S/c1-23-17-15-9-5-6-10-16(15)24-18(17)19(22)21-12-11-20-13-14-7-3-2-4-8-14/h5-6,9-10,14,20H,2-4,7-8,11-13H2,1H3,(H,21,22). The first-order valence-corrected chi connectivity index (χ1v) is 9.65. The highest BCUT2D eigenvalue weighted by Gasteiger charge is 2.18. The van der Waals surface area contributed by atoms with Crippen LogP contribution in [-0.4, -0.2) is 32.7 Å². The first kappa shape index (κ1) is 17.2. The average Bonchev–Trinajstić information content (AvgIpc) is 3.01. The number of rotatable bonds is 7. The molecule has 2 N–H and O–H groups in total. The fraction of sp³-hybridized carbons (Fsp3) is 0.526. The maximum atomic E-state index is 12.5. The second kappa shape index (κ2) is 8.49. The van der Waals surface area contributed by atoms with E-state index in [1.807, 2.05) is 24.3 Å². The molecule has 0 aliphatic heterocycles. The number of hydrogen-bond acceptors (Lipinski definition) is 4. The van der Waals surface area contributed by atoms with E-state index in [0.717, 1.165) is 29.1 Å². The van der Waals surface area contributed by atoms with Crippen LogP contribution in [0.4, 0.5) is 0 Å². The second-order valence-electron chi connectivity index (χ2n) is 6.42. The molecule has 1 aliphatic carbocycles. The Bertz CT molecular complexity index is 677. The van der Waals surface area contributed by atoms with Crippen molar-refractivity contribution < 1.29 is 9.53 Å². The Hall–Kier alpha value is -1.59. The van der Waals surface area contributed by atoms with E-state index in [-0.39, 0.29) is 5.91 Å². The van der Waals surface area contributed by atoms with Crippen LogP contribution in [0.2, 0.25) is 0 Å². The second-order valence-corrected chi connectivity index (χ2v) is 7.48. The number of ether oxygens (including phenoxy) is 1. The molecule has 1 aromatic heterocycles. The zero-order chi connectivity index (χ0) is 16.8. The quantitative estimate of drug-likeness (QED) is 0.750. The van der Waals surface area contributed by atoms with Crippen LogP contribution in [0.25, 0.3) is 10.1 Å². The van der Waals surface area contributed by atoms with Gasteiger partial charge >= 0.3 is 0 Å². The fourth-order valence-corrected chi connectivity index (χ4v) is 4.50. The lowest BCUT2D eigenvalue weighted by Gasteiger charge is -2.21. The van der Waals surface area contributed by atoms with Gasteiger partial charge in [-0.1, -0.05) is 31.4 Å². The van der Waals surface area contributed by atoms with Crippen molar-refractivity contribution in [3.63, 3.8) is 0 Å². The van der Waals surface area contributed by atoms with Gasteiger partial charge in [-0.15, -0.1) is 11.3 Å². The summed E-state index contributed by atoms with van der Waals surface area (Å²) in [4.78, 5) is 13.1. The van der Waals surface area contributed by atoms with Gasteiger partial charge in [0.05, 0.1) is 7.11 Å². The molecule has 0 bridgehead atoms. The van der Waals surface area contributed by atoms with Gasteiger partial charge < -0.3 is 15.4 Å². The number of amides is 1. The third-order valence-electron chi connectivity index (χ3n) is 4.71. The Morgan fingerprint density at radius 2 is 2.00 bits per heavy atom. The van der Waals surface area contributed by atoms with Gasteiger partial charge in [0.15, 0.2) is 0 Å². The number of methoxy groups -OCH3 is 1. The molecule has 1 saturated carbocycles. The van der Waals surface area contributed by atoms with E-state index in [4.69, 9.17) is 4.74 Å². The lowest BCUT2D eigenvalue weighted by molar-refractivity contribution is 0.0955. The largest absolute Gasteiger partial charge is 0.494 e. The summed E-state index contributed by atoms with van der Waals surface area (Å²) in [6.07, 6.45) is 6.82. The maximum Gasteiger partial charge on any atom is 0.265 e. The zero-order valence-corrected chi connectivity index (χ0v) is 15.1. The molecule has 1 amide bonds. The topological polar surface area (TPSA) is 50.4 Å². The highest BCUT2D eigenvalue weighted by atomic mass is 32.1. The van der Waals surface area contributed by atoms with Crippen LogP contribution in [0.5, 0.6) is 5.75 Å². The molecule has 0 spiro atoms. The van der Waals surface area contributed by atoms with Crippen molar-refractivity contribution in [1.82, 2.24) is 10.6 Å². The number of fused-ring (bicyclic) bond motifs is 1. The van der Waals surface area contributed by atoms with Gasteiger partial charge in [-0.25, -0.2) is 0 Å². The predicted octanol–water partition coefficient (Wildman–Crippen LogP) is 3.81. The maximum absolute atomic E-state index is 12.5. The molecule has 0 saturated heterocycles. The summed E-state index contributed by atoms with van der Waals surface area (Å²) in [7, 11) is 1.62. The Labute approximate surface area is 147 Å². The van der Waals surface area contributed by atoms with Gasteiger partial charge in [-0.3, -0.25) is 4.79 Å². The van der Waals surface area contributed by atoms with E-state index >= 15 is 0 Å². The Morgan fingerprint density at radius 3 is 2.79 bits per heavy atom. The third-order valence-corrected chi connectivity index (χ3v) is 5.86. The predicted molar refractivity (Wildman–Crippen MR) is 100 cm³/mol. The number of carbonyl (C=O) groups excluding carboxylic acids is 1. The Balaban J connectivity index is 1.48. The smallest absolute Gasteiger partial charge is 0.265 e. The first-order chi connectivity index (χ1) is 11.8. The van der Waals surface area contributed by atoms with E-state index in [1.54, 1.807) is 7.11 Å². The molecule has 130 valence electrons. The number of hydrogen-bond donors (Lipinski definition) is 2. The molecule has 1 fully saturated rings. The van der Waals surface area contributed by atoms with Crippen molar-refractivity contribution in [1.29, 1.82) is 0 Å². The molecule has 24 heavy (non-hydrogen) atoms. The molecule has 1 aliphatic rings. The van der Waals surface area contributed by atoms with Gasteiger partial charge in [-0.2, -0.15) is 0 Å². The minimum atomic E-state index is -0.0486. The number of benzene rings is 1. The van der Waals surface area contributed by atoms with E-state index in [0.29, 0.717) is 17.2 Å². The molecule has 0 atom stereocenters.